The minimum atomic E-state index is -0.664. The van der Waals surface area contributed by atoms with Gasteiger partial charge in [0.25, 0.3) is 0 Å². The Labute approximate surface area is 358 Å². The number of rotatable bonds is 48. The van der Waals surface area contributed by atoms with Gasteiger partial charge < -0.3 is 15.5 Å². The maximum Gasteiger partial charge on any atom is 0.220 e. The number of unbranched alkanes of at least 4 members (excludes halogenated alkanes) is 37. The minimum absolute atomic E-state index is 0.0427. The number of hydrogen-bond donors (Lipinski definition) is 3. The summed E-state index contributed by atoms with van der Waals surface area (Å²) in [6, 6.07) is -0.542. The van der Waals surface area contributed by atoms with Crippen LogP contribution in [0.5, 0.6) is 0 Å². The lowest BCUT2D eigenvalue weighted by atomic mass is 10.0. The predicted molar refractivity (Wildman–Crippen MR) is 253 cm³/mol. The largest absolute Gasteiger partial charge is 0.394 e. The SMILES string of the molecule is CCCC/C=C\C/C=C\CCCCCCCC(=O)NC(CO)C(O)CCCCCCCCCCCCCCCCCCCCCCCCCCCCCCCCC. The average Bonchev–Trinajstić information content (AvgIpc) is 3.22. The third-order valence-corrected chi connectivity index (χ3v) is 12.2. The first-order valence-electron chi connectivity index (χ1n) is 26.0. The summed E-state index contributed by atoms with van der Waals surface area (Å²) in [5.74, 6) is -0.0427. The van der Waals surface area contributed by atoms with Crippen molar-refractivity contribution in [1.29, 1.82) is 0 Å². The van der Waals surface area contributed by atoms with Gasteiger partial charge >= 0.3 is 0 Å². The van der Waals surface area contributed by atoms with Gasteiger partial charge in [0.15, 0.2) is 0 Å². The molecule has 338 valence electrons. The van der Waals surface area contributed by atoms with Gasteiger partial charge in [-0.3, -0.25) is 4.79 Å². The van der Waals surface area contributed by atoms with Crippen LogP contribution in [-0.2, 0) is 4.79 Å². The molecule has 0 aromatic carbocycles. The van der Waals surface area contributed by atoms with Gasteiger partial charge in [-0.05, 0) is 38.5 Å². The molecule has 0 bridgehead atoms. The van der Waals surface area contributed by atoms with E-state index in [4.69, 9.17) is 0 Å². The Morgan fingerprint density at radius 1 is 0.421 bits per heavy atom. The zero-order valence-corrected chi connectivity index (χ0v) is 38.9. The smallest absolute Gasteiger partial charge is 0.220 e. The van der Waals surface area contributed by atoms with E-state index in [2.05, 4.69) is 43.5 Å². The number of allylic oxidation sites excluding steroid dienone is 4. The van der Waals surface area contributed by atoms with Gasteiger partial charge in [-0.15, -0.1) is 0 Å². The van der Waals surface area contributed by atoms with Gasteiger partial charge in [-0.1, -0.05) is 269 Å². The number of carbonyl (C=O) groups is 1. The average molecular weight is 802 g/mol. The van der Waals surface area contributed by atoms with Gasteiger partial charge in [-0.25, -0.2) is 0 Å². The number of amides is 1. The van der Waals surface area contributed by atoms with Crippen molar-refractivity contribution in [3.63, 3.8) is 0 Å². The molecule has 0 aliphatic heterocycles. The standard InChI is InChI=1S/C53H103NO3/c1-3-5-7-9-11-13-15-17-19-20-21-22-23-24-25-26-27-28-29-30-31-32-33-34-35-36-38-40-42-44-46-48-52(56)51(50-55)54-53(57)49-47-45-43-41-39-37-18-16-14-12-10-8-6-4-2/h10,12,16,18,51-52,55-56H,3-9,11,13-15,17,19-50H2,1-2H3,(H,54,57)/b12-10-,18-16-. The highest BCUT2D eigenvalue weighted by Gasteiger charge is 2.20. The zero-order valence-electron chi connectivity index (χ0n) is 38.9. The van der Waals surface area contributed by atoms with Gasteiger partial charge in [0.05, 0.1) is 18.8 Å². The Bertz CT molecular complexity index is 825. The van der Waals surface area contributed by atoms with Crippen molar-refractivity contribution in [2.45, 2.75) is 302 Å². The fraction of sp³-hybridized carbons (Fsp3) is 0.906. The van der Waals surface area contributed by atoms with Crippen molar-refractivity contribution in [3.05, 3.63) is 24.3 Å². The summed E-state index contributed by atoms with van der Waals surface area (Å²) in [5, 5.41) is 23.2. The van der Waals surface area contributed by atoms with E-state index in [1.54, 1.807) is 0 Å². The molecule has 0 aliphatic rings. The van der Waals surface area contributed by atoms with E-state index in [0.29, 0.717) is 12.8 Å². The molecule has 0 saturated heterocycles. The summed E-state index contributed by atoms with van der Waals surface area (Å²) < 4.78 is 0. The molecule has 1 amide bonds. The van der Waals surface area contributed by atoms with Crippen molar-refractivity contribution in [3.8, 4) is 0 Å². The Kier molecular flexibility index (Phi) is 48.3. The highest BCUT2D eigenvalue weighted by molar-refractivity contribution is 5.76. The molecule has 0 radical (unpaired) electrons. The molecule has 4 nitrogen and oxygen atoms in total. The maximum absolute atomic E-state index is 12.4. The third kappa shape index (κ3) is 45.8. The first-order valence-corrected chi connectivity index (χ1v) is 26.0. The fourth-order valence-corrected chi connectivity index (χ4v) is 8.20. The first-order chi connectivity index (χ1) is 28.2. The van der Waals surface area contributed by atoms with Crippen LogP contribution in [0.25, 0.3) is 0 Å². The van der Waals surface area contributed by atoms with Gasteiger partial charge in [-0.2, -0.15) is 0 Å². The van der Waals surface area contributed by atoms with Crippen LogP contribution in [0, 0.1) is 0 Å². The van der Waals surface area contributed by atoms with Crippen LogP contribution >= 0.6 is 0 Å². The topological polar surface area (TPSA) is 69.6 Å². The monoisotopic (exact) mass is 802 g/mol. The van der Waals surface area contributed by atoms with Crippen LogP contribution in [0.2, 0.25) is 0 Å². The van der Waals surface area contributed by atoms with Gasteiger partial charge in [0, 0.05) is 6.42 Å². The molecule has 4 heteroatoms. The molecule has 0 saturated carbocycles. The normalized spacial score (nSPS) is 13.0. The molecule has 0 aliphatic carbocycles. The Morgan fingerprint density at radius 3 is 1.11 bits per heavy atom. The zero-order chi connectivity index (χ0) is 41.4. The van der Waals surface area contributed by atoms with E-state index >= 15 is 0 Å². The summed E-state index contributed by atoms with van der Waals surface area (Å²) in [4.78, 5) is 12.4. The van der Waals surface area contributed by atoms with Gasteiger partial charge in [0.2, 0.25) is 5.91 Å². The van der Waals surface area contributed by atoms with Crippen molar-refractivity contribution in [2.75, 3.05) is 6.61 Å². The van der Waals surface area contributed by atoms with Crippen LogP contribution in [0.3, 0.4) is 0 Å². The second-order valence-corrected chi connectivity index (χ2v) is 17.9. The van der Waals surface area contributed by atoms with Crippen LogP contribution in [0.1, 0.15) is 290 Å². The van der Waals surface area contributed by atoms with Gasteiger partial charge in [0.1, 0.15) is 0 Å². The molecule has 0 spiro atoms. The van der Waals surface area contributed by atoms with E-state index in [-0.39, 0.29) is 12.5 Å². The molecular formula is C53H103NO3. The molecule has 0 heterocycles. The fourth-order valence-electron chi connectivity index (χ4n) is 8.20. The molecule has 3 N–H and O–H groups in total. The molecule has 57 heavy (non-hydrogen) atoms. The second-order valence-electron chi connectivity index (χ2n) is 17.9. The van der Waals surface area contributed by atoms with E-state index in [1.807, 2.05) is 0 Å². The van der Waals surface area contributed by atoms with E-state index in [0.717, 1.165) is 44.9 Å². The second kappa shape index (κ2) is 49.2. The number of hydrogen-bond acceptors (Lipinski definition) is 3. The van der Waals surface area contributed by atoms with Crippen LogP contribution in [0.4, 0.5) is 0 Å². The molecule has 0 aromatic heterocycles. The minimum Gasteiger partial charge on any atom is -0.394 e. The summed E-state index contributed by atoms with van der Waals surface area (Å²) >= 11 is 0. The lowest BCUT2D eigenvalue weighted by Crippen LogP contribution is -2.45. The molecule has 0 fully saturated rings. The quantitative estimate of drug-likeness (QED) is 0.0424. The molecule has 0 rings (SSSR count). The Balaban J connectivity index is 3.40. The Morgan fingerprint density at radius 2 is 0.737 bits per heavy atom. The lowest BCUT2D eigenvalue weighted by Gasteiger charge is -2.22. The lowest BCUT2D eigenvalue weighted by molar-refractivity contribution is -0.123. The van der Waals surface area contributed by atoms with Crippen molar-refractivity contribution in [1.82, 2.24) is 5.32 Å². The van der Waals surface area contributed by atoms with E-state index in [1.165, 1.54) is 218 Å². The third-order valence-electron chi connectivity index (χ3n) is 12.2. The van der Waals surface area contributed by atoms with Crippen molar-refractivity contribution < 1.29 is 15.0 Å². The molecule has 0 aromatic rings. The van der Waals surface area contributed by atoms with Crippen molar-refractivity contribution in [2.24, 2.45) is 0 Å². The molecule has 2 unspecified atom stereocenters. The van der Waals surface area contributed by atoms with Crippen molar-refractivity contribution >= 4 is 5.91 Å². The van der Waals surface area contributed by atoms with Crippen LogP contribution < -0.4 is 5.32 Å². The Hall–Kier alpha value is -1.13. The summed E-state index contributed by atoms with van der Waals surface area (Å²) in [7, 11) is 0. The number of nitrogens with one attached hydrogen (secondary N) is 1. The summed E-state index contributed by atoms with van der Waals surface area (Å²) in [6.07, 6.45) is 64.5. The number of aliphatic hydroxyl groups excluding tert-OH is 2. The first kappa shape index (κ1) is 55.9. The van der Waals surface area contributed by atoms with Crippen LogP contribution in [-0.4, -0.2) is 34.9 Å². The van der Waals surface area contributed by atoms with E-state index in [9.17, 15) is 15.0 Å². The highest BCUT2D eigenvalue weighted by atomic mass is 16.3. The summed E-state index contributed by atoms with van der Waals surface area (Å²) in [6.45, 7) is 4.33. The number of aliphatic hydroxyl groups is 2. The highest BCUT2D eigenvalue weighted by Crippen LogP contribution is 2.18. The molecule has 2 atom stereocenters. The summed E-state index contributed by atoms with van der Waals surface area (Å²) in [5.41, 5.74) is 0. The molecular weight excluding hydrogens is 699 g/mol. The van der Waals surface area contributed by atoms with Crippen LogP contribution in [0.15, 0.2) is 24.3 Å². The maximum atomic E-state index is 12.4. The van der Waals surface area contributed by atoms with E-state index < -0.39 is 12.1 Å². The predicted octanol–water partition coefficient (Wildman–Crippen LogP) is 16.8. The number of carbonyl (C=O) groups excluding carboxylic acids is 1.